The highest BCUT2D eigenvalue weighted by Gasteiger charge is 2.54. The number of unbranched alkanes of at least 4 members (excludes halogenated alkanes) is 27. The van der Waals surface area contributed by atoms with Crippen molar-refractivity contribution in [3.05, 3.63) is 12.2 Å². The molecular formula is C58H108N2O18. The lowest BCUT2D eigenvalue weighted by atomic mass is 9.95. The van der Waals surface area contributed by atoms with Gasteiger partial charge in [0.2, 0.25) is 11.8 Å². The third kappa shape index (κ3) is 26.1. The molecule has 20 heteroatoms. The molecule has 0 radical (unpaired) electrons. The van der Waals surface area contributed by atoms with Crippen LogP contribution in [0.5, 0.6) is 0 Å². The quantitative estimate of drug-likeness (QED) is 0.0290. The van der Waals surface area contributed by atoms with Gasteiger partial charge < -0.3 is 90.1 Å². The molecule has 78 heavy (non-hydrogen) atoms. The Morgan fingerprint density at radius 2 is 0.897 bits per heavy atom. The minimum absolute atomic E-state index is 0.244. The Hall–Kier alpha value is -1.96. The van der Waals surface area contributed by atoms with E-state index >= 15 is 0 Å². The fourth-order valence-corrected chi connectivity index (χ4v) is 10.6. The molecule has 3 saturated heterocycles. The number of rotatable bonds is 44. The number of allylic oxidation sites excluding steroid dienone is 1. The molecule has 17 atom stereocenters. The normalized spacial score (nSPS) is 30.4. The molecule has 0 aromatic rings. The van der Waals surface area contributed by atoms with E-state index in [4.69, 9.17) is 28.4 Å². The van der Waals surface area contributed by atoms with Gasteiger partial charge in [-0.25, -0.2) is 0 Å². The molecule has 3 rings (SSSR count). The zero-order valence-corrected chi connectivity index (χ0v) is 47.7. The number of hydrogen-bond acceptors (Lipinski definition) is 18. The first kappa shape index (κ1) is 70.3. The monoisotopic (exact) mass is 1120 g/mol. The fourth-order valence-electron chi connectivity index (χ4n) is 10.6. The molecule has 3 aliphatic rings. The van der Waals surface area contributed by atoms with Crippen molar-refractivity contribution in [3.8, 4) is 0 Å². The maximum atomic E-state index is 13.3. The second-order valence-electron chi connectivity index (χ2n) is 22.2. The first-order chi connectivity index (χ1) is 37.7. The molecule has 20 nitrogen and oxygen atoms in total. The average molecular weight is 1120 g/mol. The van der Waals surface area contributed by atoms with Crippen LogP contribution in [0.2, 0.25) is 0 Å². The predicted molar refractivity (Wildman–Crippen MR) is 294 cm³/mol. The number of aliphatic hydroxyl groups is 10. The van der Waals surface area contributed by atoms with Gasteiger partial charge in [0.15, 0.2) is 18.9 Å². The molecule has 0 aromatic carbocycles. The highest BCUT2D eigenvalue weighted by atomic mass is 16.8. The lowest BCUT2D eigenvalue weighted by molar-refractivity contribution is -0.374. The number of amides is 2. The van der Waals surface area contributed by atoms with Crippen LogP contribution in [0.15, 0.2) is 12.2 Å². The third-order valence-corrected chi connectivity index (χ3v) is 15.5. The molecule has 2 amide bonds. The number of aliphatic hydroxyl groups excluding tert-OH is 10. The fraction of sp³-hybridized carbons (Fsp3) is 0.931. The lowest BCUT2D eigenvalue weighted by Crippen LogP contribution is -2.68. The van der Waals surface area contributed by atoms with Gasteiger partial charge in [-0.2, -0.15) is 0 Å². The Bertz CT molecular complexity index is 1550. The van der Waals surface area contributed by atoms with Gasteiger partial charge in [0.05, 0.1) is 38.6 Å². The van der Waals surface area contributed by atoms with Gasteiger partial charge in [-0.05, 0) is 19.3 Å². The molecular weight excluding hydrogens is 1010 g/mol. The highest BCUT2D eigenvalue weighted by Crippen LogP contribution is 2.33. The first-order valence-corrected chi connectivity index (χ1v) is 30.4. The van der Waals surface area contributed by atoms with E-state index in [2.05, 4.69) is 24.5 Å². The van der Waals surface area contributed by atoms with Gasteiger partial charge in [-0.3, -0.25) is 9.59 Å². The predicted octanol–water partition coefficient (Wildman–Crippen LogP) is 4.74. The van der Waals surface area contributed by atoms with E-state index in [-0.39, 0.29) is 18.9 Å². The van der Waals surface area contributed by atoms with E-state index in [1.54, 1.807) is 6.08 Å². The number of hydrogen-bond donors (Lipinski definition) is 12. The van der Waals surface area contributed by atoms with Crippen molar-refractivity contribution in [2.75, 3.05) is 26.4 Å². The van der Waals surface area contributed by atoms with Crippen molar-refractivity contribution in [1.29, 1.82) is 0 Å². The number of nitrogens with one attached hydrogen (secondary N) is 2. The maximum Gasteiger partial charge on any atom is 0.220 e. The van der Waals surface area contributed by atoms with Crippen LogP contribution < -0.4 is 10.6 Å². The summed E-state index contributed by atoms with van der Waals surface area (Å²) < 4.78 is 34.8. The molecule has 458 valence electrons. The Morgan fingerprint density at radius 1 is 0.500 bits per heavy atom. The minimum atomic E-state index is -1.99. The van der Waals surface area contributed by atoms with Gasteiger partial charge in [0.25, 0.3) is 0 Å². The van der Waals surface area contributed by atoms with Crippen LogP contribution in [-0.4, -0.2) is 194 Å². The van der Waals surface area contributed by atoms with E-state index in [0.717, 1.165) is 51.9 Å². The molecule has 12 N–H and O–H groups in total. The number of carbonyl (C=O) groups is 2. The standard InChI is InChI=1S/C58H108N2O18/c1-4-6-8-10-12-14-16-18-19-20-21-23-25-27-29-31-33-35-46(66)60-41(42(65)34-32-30-28-26-24-22-17-15-13-11-9-7-5-2)39-73-57-52(71)50(69)55(44(37-62)75-57)78-58-53(72)51(70)54(45(38-63)76-58)77-56-47(59-40(3)64)49(68)48(67)43(36-61)74-56/h32,34,41-45,47-58,61-63,65,67-72H,4-31,33,35-39H2,1-3H3,(H,59,64)(H,60,66). The van der Waals surface area contributed by atoms with Gasteiger partial charge in [0, 0.05) is 13.3 Å². The summed E-state index contributed by atoms with van der Waals surface area (Å²) in [7, 11) is 0. The topological polar surface area (TPSA) is 316 Å². The average Bonchev–Trinajstić information content (AvgIpc) is 3.43. The summed E-state index contributed by atoms with van der Waals surface area (Å²) in [6.45, 7) is 2.83. The van der Waals surface area contributed by atoms with Crippen molar-refractivity contribution < 1.29 is 89.1 Å². The van der Waals surface area contributed by atoms with Gasteiger partial charge in [-0.1, -0.05) is 193 Å². The maximum absolute atomic E-state index is 13.3. The number of ether oxygens (including phenoxy) is 6. The Labute approximate surface area is 466 Å². The van der Waals surface area contributed by atoms with Crippen molar-refractivity contribution in [2.24, 2.45) is 0 Å². The van der Waals surface area contributed by atoms with E-state index in [9.17, 15) is 60.7 Å². The zero-order valence-electron chi connectivity index (χ0n) is 47.7. The second kappa shape index (κ2) is 41.9. The van der Waals surface area contributed by atoms with E-state index in [0.29, 0.717) is 6.42 Å². The van der Waals surface area contributed by atoms with Gasteiger partial charge in [-0.15, -0.1) is 0 Å². The van der Waals surface area contributed by atoms with Crippen LogP contribution in [0.3, 0.4) is 0 Å². The van der Waals surface area contributed by atoms with Crippen molar-refractivity contribution in [3.63, 3.8) is 0 Å². The lowest BCUT2D eigenvalue weighted by Gasteiger charge is -2.48. The van der Waals surface area contributed by atoms with Crippen LogP contribution in [0.1, 0.15) is 213 Å². The molecule has 17 unspecified atom stereocenters. The summed E-state index contributed by atoms with van der Waals surface area (Å²) >= 11 is 0. The van der Waals surface area contributed by atoms with E-state index in [1.165, 1.54) is 135 Å². The SMILES string of the molecule is CCCCCCCCCCCCCC=CC(O)C(COC1OC(CO)C(OC2OC(CO)C(OC3OC(CO)C(O)C(O)C3NC(C)=O)C(O)C2O)C(O)C1O)NC(=O)CCCCCCCCCCCCCCCCCCC. The van der Waals surface area contributed by atoms with Crippen LogP contribution in [-0.2, 0) is 38.0 Å². The Kier molecular flexibility index (Phi) is 37.8. The van der Waals surface area contributed by atoms with E-state index in [1.807, 2.05) is 6.08 Å². The Morgan fingerprint density at radius 3 is 1.35 bits per heavy atom. The van der Waals surface area contributed by atoms with Gasteiger partial charge in [0.1, 0.15) is 73.2 Å². The molecule has 3 fully saturated rings. The van der Waals surface area contributed by atoms with Crippen LogP contribution >= 0.6 is 0 Å². The summed E-state index contributed by atoms with van der Waals surface area (Å²) in [6.07, 6.45) is 13.9. The summed E-state index contributed by atoms with van der Waals surface area (Å²) in [4.78, 5) is 25.3. The summed E-state index contributed by atoms with van der Waals surface area (Å²) in [5.74, 6) is -0.923. The summed E-state index contributed by atoms with van der Waals surface area (Å²) in [5, 5.41) is 113. The highest BCUT2D eigenvalue weighted by molar-refractivity contribution is 5.76. The number of carbonyl (C=O) groups excluding carboxylic acids is 2. The molecule has 0 bridgehead atoms. The van der Waals surface area contributed by atoms with Crippen molar-refractivity contribution in [2.45, 2.75) is 318 Å². The zero-order chi connectivity index (χ0) is 57.1. The molecule has 0 aliphatic carbocycles. The van der Waals surface area contributed by atoms with Crippen molar-refractivity contribution in [1.82, 2.24) is 10.6 Å². The molecule has 3 heterocycles. The summed E-state index contributed by atoms with van der Waals surface area (Å²) in [6, 6.07) is -2.40. The third-order valence-electron chi connectivity index (χ3n) is 15.5. The van der Waals surface area contributed by atoms with Crippen LogP contribution in [0.25, 0.3) is 0 Å². The van der Waals surface area contributed by atoms with Crippen molar-refractivity contribution >= 4 is 11.8 Å². The molecule has 0 aromatic heterocycles. The second-order valence-corrected chi connectivity index (χ2v) is 22.2. The molecule has 0 spiro atoms. The van der Waals surface area contributed by atoms with Gasteiger partial charge >= 0.3 is 0 Å². The van der Waals surface area contributed by atoms with E-state index < -0.39 is 130 Å². The first-order valence-electron chi connectivity index (χ1n) is 30.4. The van der Waals surface area contributed by atoms with Crippen LogP contribution in [0.4, 0.5) is 0 Å². The minimum Gasteiger partial charge on any atom is -0.394 e. The smallest absolute Gasteiger partial charge is 0.220 e. The Balaban J connectivity index is 1.54. The largest absolute Gasteiger partial charge is 0.394 e. The molecule has 0 saturated carbocycles. The van der Waals surface area contributed by atoms with Crippen LogP contribution in [0, 0.1) is 0 Å². The molecule has 3 aliphatic heterocycles. The summed E-state index contributed by atoms with van der Waals surface area (Å²) in [5.41, 5.74) is 0.